The molecule has 0 heterocycles. The van der Waals surface area contributed by atoms with Crippen LogP contribution in [0.5, 0.6) is 0 Å². The Hall–Kier alpha value is -6.36. The minimum atomic E-state index is -5.02. The van der Waals surface area contributed by atoms with Crippen molar-refractivity contribution in [2.45, 2.75) is 290 Å². The van der Waals surface area contributed by atoms with Gasteiger partial charge < -0.3 is 33.8 Å². The predicted molar refractivity (Wildman–Crippen MR) is 445 cm³/mol. The highest BCUT2D eigenvalue weighted by molar-refractivity contribution is 7.47. The SMILES string of the molecule is CC/C=C\C/C=C\C/C=C\C/C=C\C/C=C\CCCCCC(=O)OCC(COP(=O)(O)OCC(O)COP(=O)(O)OCC(COC(=O)CCCCCC/C=C\C/C=C\C/C=C\C/C=C\CC)OC(=O)C/C=C\C/C=C\C/C=C\C/C=C\C/C=C\CC)OC(=O)CCCCCCCCC/C=C\C/C=C\C/C=C\CC. The van der Waals surface area contributed by atoms with E-state index in [1.54, 1.807) is 12.2 Å². The maximum absolute atomic E-state index is 13.1. The van der Waals surface area contributed by atoms with E-state index in [0.29, 0.717) is 25.7 Å². The third kappa shape index (κ3) is 77.8. The van der Waals surface area contributed by atoms with Gasteiger partial charge in [-0.15, -0.1) is 0 Å². The molecule has 0 aliphatic carbocycles. The molecule has 3 N–H and O–H groups in total. The fraction of sp³-hybridized carbons (Fsp3) is 0.573. The van der Waals surface area contributed by atoms with Gasteiger partial charge in [-0.05, 0) is 167 Å². The molecule has 17 nitrogen and oxygen atoms in total. The lowest BCUT2D eigenvalue weighted by Gasteiger charge is -2.21. The Morgan fingerprint density at radius 2 is 0.491 bits per heavy atom. The maximum Gasteiger partial charge on any atom is 0.472 e. The third-order valence-corrected chi connectivity index (χ3v) is 17.7. The molecule has 0 amide bonds. The molecule has 5 unspecified atom stereocenters. The maximum atomic E-state index is 13.1. The number of aliphatic hydroxyl groups is 1. The van der Waals surface area contributed by atoms with E-state index in [1.165, 1.54) is 0 Å². The molecule has 0 spiro atoms. The van der Waals surface area contributed by atoms with E-state index in [4.69, 9.17) is 37.0 Å². The fourth-order valence-electron chi connectivity index (χ4n) is 9.80. The molecule has 0 aromatic rings. The molecule has 0 saturated carbocycles. The van der Waals surface area contributed by atoms with E-state index >= 15 is 0 Å². The van der Waals surface area contributed by atoms with Crippen LogP contribution < -0.4 is 0 Å². The summed E-state index contributed by atoms with van der Waals surface area (Å²) in [5.41, 5.74) is 0. The highest BCUT2D eigenvalue weighted by Crippen LogP contribution is 2.45. The van der Waals surface area contributed by atoms with Crippen LogP contribution in [0.1, 0.15) is 272 Å². The number of rotatable bonds is 73. The van der Waals surface area contributed by atoms with Crippen LogP contribution in [0.25, 0.3) is 0 Å². The van der Waals surface area contributed by atoms with Crippen LogP contribution in [0.2, 0.25) is 0 Å². The number of aliphatic hydroxyl groups excluding tert-OH is 1. The number of esters is 4. The summed E-state index contributed by atoms with van der Waals surface area (Å²) in [6, 6.07) is 0. The Balaban J connectivity index is 5.52. The van der Waals surface area contributed by atoms with Gasteiger partial charge in [0, 0.05) is 19.3 Å². The summed E-state index contributed by atoms with van der Waals surface area (Å²) in [4.78, 5) is 73.1. The first kappa shape index (κ1) is 102. The van der Waals surface area contributed by atoms with Gasteiger partial charge in [-0.2, -0.15) is 0 Å². The molecular formula is C89H140O17P2. The Kier molecular flexibility index (Phi) is 74.1. The van der Waals surface area contributed by atoms with E-state index < -0.39 is 97.5 Å². The number of hydrogen-bond donors (Lipinski definition) is 3. The summed E-state index contributed by atoms with van der Waals surface area (Å²) in [6.07, 6.45) is 98.3. The molecule has 0 bridgehead atoms. The summed E-state index contributed by atoms with van der Waals surface area (Å²) in [7, 11) is -10.0. The van der Waals surface area contributed by atoms with Crippen molar-refractivity contribution in [1.29, 1.82) is 0 Å². The Morgan fingerprint density at radius 1 is 0.269 bits per heavy atom. The van der Waals surface area contributed by atoms with Gasteiger partial charge >= 0.3 is 39.5 Å². The molecule has 5 atom stereocenters. The van der Waals surface area contributed by atoms with Crippen molar-refractivity contribution >= 4 is 39.5 Å². The lowest BCUT2D eigenvalue weighted by Crippen LogP contribution is -2.30. The van der Waals surface area contributed by atoms with Gasteiger partial charge in [0.1, 0.15) is 19.3 Å². The highest BCUT2D eigenvalue weighted by atomic mass is 31.2. The van der Waals surface area contributed by atoms with Crippen LogP contribution in [0.3, 0.4) is 0 Å². The quantitative estimate of drug-likeness (QED) is 0.0169. The van der Waals surface area contributed by atoms with Crippen LogP contribution in [-0.4, -0.2) is 96.7 Å². The topological polar surface area (TPSA) is 237 Å². The standard InChI is InChI=1S/C89H140O17P2/c1-5-9-13-17-21-25-29-33-37-40-41-44-47-50-54-58-62-66-70-74-87(92)100-80-85(106-89(94)76-72-68-64-60-56-52-48-43-39-35-31-27-23-19-15-11-7-3)82-104-108(97,98)102-78-83(90)77-101-107(95,96)103-81-84(105-88(93)75-71-67-63-59-55-51-45-36-32-28-24-20-16-12-8-4)79-99-86(91)73-69-65-61-57-53-49-46-42-38-34-30-26-22-18-14-10-6-2/h9-16,21-28,33-39,41,44-46,49-50,54-55,59,67,71,83-85,90H,5-8,17-20,29-32,40,42-43,47-48,51-53,56-58,60-66,68-70,72-82H2,1-4H3,(H,95,96)(H,97,98)/b13-9-,14-10-,15-11-,16-12-,25-21-,26-22-,27-23-,28-24-,37-33-,38-34-,39-35-,44-41-,45-36-,49-46-,54-50-,59-55-,71-67-. The van der Waals surface area contributed by atoms with E-state index in [0.717, 1.165) is 193 Å². The van der Waals surface area contributed by atoms with Gasteiger partial charge in [-0.25, -0.2) is 9.13 Å². The lowest BCUT2D eigenvalue weighted by atomic mass is 10.1. The molecule has 0 saturated heterocycles. The molecule has 0 aliphatic heterocycles. The van der Waals surface area contributed by atoms with Gasteiger partial charge in [-0.3, -0.25) is 37.3 Å². The molecule has 0 aliphatic rings. The first-order chi connectivity index (χ1) is 52.7. The smallest absolute Gasteiger partial charge is 0.462 e. The van der Waals surface area contributed by atoms with Gasteiger partial charge in [-0.1, -0.05) is 286 Å². The normalized spacial score (nSPS) is 14.9. The minimum Gasteiger partial charge on any atom is -0.462 e. The highest BCUT2D eigenvalue weighted by Gasteiger charge is 2.30. The molecule has 0 rings (SSSR count). The van der Waals surface area contributed by atoms with Crippen molar-refractivity contribution in [2.24, 2.45) is 0 Å². The first-order valence-corrected chi connectivity index (χ1v) is 43.3. The second kappa shape index (κ2) is 78.8. The second-order valence-corrected chi connectivity index (χ2v) is 28.8. The van der Waals surface area contributed by atoms with Gasteiger partial charge in [0.25, 0.3) is 0 Å². The Labute approximate surface area is 652 Å². The average Bonchev–Trinajstić information content (AvgIpc) is 0.906. The minimum absolute atomic E-state index is 0.0642. The second-order valence-electron chi connectivity index (χ2n) is 25.8. The van der Waals surface area contributed by atoms with E-state index in [-0.39, 0.29) is 25.7 Å². The van der Waals surface area contributed by atoms with Crippen molar-refractivity contribution < 1.29 is 80.2 Å². The number of allylic oxidation sites excluding steroid dienone is 33. The zero-order valence-electron chi connectivity index (χ0n) is 66.4. The van der Waals surface area contributed by atoms with Crippen LogP contribution in [0, 0.1) is 0 Å². The number of hydrogen-bond acceptors (Lipinski definition) is 15. The largest absolute Gasteiger partial charge is 0.472 e. The van der Waals surface area contributed by atoms with Crippen molar-refractivity contribution in [1.82, 2.24) is 0 Å². The number of unbranched alkanes of at least 4 members (excludes halogenated alkanes) is 14. The number of phosphoric acid groups is 2. The summed E-state index contributed by atoms with van der Waals surface area (Å²) in [6.45, 7) is 4.20. The van der Waals surface area contributed by atoms with Crippen molar-refractivity contribution in [3.05, 3.63) is 207 Å². The number of carbonyl (C=O) groups is 4. The summed E-state index contributed by atoms with van der Waals surface area (Å²) >= 11 is 0. The van der Waals surface area contributed by atoms with Crippen LogP contribution >= 0.6 is 15.6 Å². The zero-order chi connectivity index (χ0) is 78.9. The van der Waals surface area contributed by atoms with Crippen LogP contribution in [0.4, 0.5) is 0 Å². The van der Waals surface area contributed by atoms with Crippen molar-refractivity contribution in [2.75, 3.05) is 39.6 Å². The number of ether oxygens (including phenoxy) is 4. The number of phosphoric ester groups is 2. The van der Waals surface area contributed by atoms with Crippen LogP contribution in [0.15, 0.2) is 207 Å². The molecular weight excluding hydrogens is 1400 g/mol. The van der Waals surface area contributed by atoms with Gasteiger partial charge in [0.2, 0.25) is 0 Å². The first-order valence-electron chi connectivity index (χ1n) is 40.3. The van der Waals surface area contributed by atoms with E-state index in [9.17, 15) is 43.2 Å². The molecule has 608 valence electrons. The fourth-order valence-corrected chi connectivity index (χ4v) is 11.4. The van der Waals surface area contributed by atoms with Crippen molar-refractivity contribution in [3.63, 3.8) is 0 Å². The lowest BCUT2D eigenvalue weighted by molar-refractivity contribution is -0.161. The average molecular weight is 1540 g/mol. The van der Waals surface area contributed by atoms with Gasteiger partial charge in [0.05, 0.1) is 32.8 Å². The monoisotopic (exact) mass is 1540 g/mol. The summed E-state index contributed by atoms with van der Waals surface area (Å²) in [5.74, 6) is -2.42. The summed E-state index contributed by atoms with van der Waals surface area (Å²) < 4.78 is 68.5. The van der Waals surface area contributed by atoms with E-state index in [2.05, 4.69) is 210 Å². The van der Waals surface area contributed by atoms with Crippen molar-refractivity contribution in [3.8, 4) is 0 Å². The van der Waals surface area contributed by atoms with Gasteiger partial charge in [0.15, 0.2) is 12.2 Å². The predicted octanol–water partition coefficient (Wildman–Crippen LogP) is 23.9. The third-order valence-electron chi connectivity index (χ3n) is 15.8. The molecule has 0 fully saturated rings. The molecule has 0 radical (unpaired) electrons. The molecule has 108 heavy (non-hydrogen) atoms. The molecule has 19 heteroatoms. The Bertz CT molecular complexity index is 2860. The number of carbonyl (C=O) groups excluding carboxylic acids is 4. The zero-order valence-corrected chi connectivity index (χ0v) is 68.2. The molecule has 0 aromatic carbocycles. The summed E-state index contributed by atoms with van der Waals surface area (Å²) in [5, 5.41) is 10.7. The molecule has 0 aromatic heterocycles. The van der Waals surface area contributed by atoms with Crippen LogP contribution in [-0.2, 0) is 65.4 Å². The van der Waals surface area contributed by atoms with E-state index in [1.807, 2.05) is 12.2 Å². The Morgan fingerprint density at radius 3 is 0.787 bits per heavy atom.